The van der Waals surface area contributed by atoms with E-state index < -0.39 is 0 Å². The van der Waals surface area contributed by atoms with Crippen LogP contribution in [0.2, 0.25) is 0 Å². The molecule has 0 bridgehead atoms. The van der Waals surface area contributed by atoms with Gasteiger partial charge >= 0.3 is 0 Å². The normalized spacial score (nSPS) is 25.2. The largest absolute Gasteiger partial charge is 0.299 e. The van der Waals surface area contributed by atoms with Crippen LogP contribution in [0.25, 0.3) is 0 Å². The van der Waals surface area contributed by atoms with Crippen LogP contribution < -0.4 is 0 Å². The summed E-state index contributed by atoms with van der Waals surface area (Å²) in [5, 5.41) is 0. The Labute approximate surface area is 68.5 Å². The van der Waals surface area contributed by atoms with Crippen molar-refractivity contribution in [1.82, 2.24) is 0 Å². The Balaban J connectivity index is 2.25. The third kappa shape index (κ3) is 2.49. The van der Waals surface area contributed by atoms with Crippen molar-refractivity contribution in [1.29, 1.82) is 0 Å². The van der Waals surface area contributed by atoms with Gasteiger partial charge in [-0.15, -0.1) is 0 Å². The SMILES string of the molecule is CC/C=C\C[C@H]1CCCC1=O. The maximum atomic E-state index is 11.1. The van der Waals surface area contributed by atoms with E-state index in [2.05, 4.69) is 19.1 Å². The number of ketones is 1. The molecule has 0 aliphatic heterocycles. The van der Waals surface area contributed by atoms with Gasteiger partial charge in [0.25, 0.3) is 0 Å². The van der Waals surface area contributed by atoms with Crippen LogP contribution in [-0.4, -0.2) is 5.78 Å². The second kappa shape index (κ2) is 4.32. The minimum atomic E-state index is 0.359. The first-order valence-corrected chi connectivity index (χ1v) is 4.52. The Morgan fingerprint density at radius 1 is 1.55 bits per heavy atom. The van der Waals surface area contributed by atoms with E-state index in [0.29, 0.717) is 11.7 Å². The average Bonchev–Trinajstić information content (AvgIpc) is 2.37. The van der Waals surface area contributed by atoms with Crippen molar-refractivity contribution in [3.8, 4) is 0 Å². The molecule has 1 rings (SSSR count). The highest BCUT2D eigenvalue weighted by Crippen LogP contribution is 2.24. The molecule has 0 amide bonds. The number of hydrogen-bond acceptors (Lipinski definition) is 1. The lowest BCUT2D eigenvalue weighted by atomic mass is 10.0. The lowest BCUT2D eigenvalue weighted by Gasteiger charge is -2.01. The molecule has 1 nitrogen and oxygen atoms in total. The fraction of sp³-hybridized carbons (Fsp3) is 0.700. The van der Waals surface area contributed by atoms with Crippen LogP contribution in [0.15, 0.2) is 12.2 Å². The zero-order valence-corrected chi connectivity index (χ0v) is 7.18. The summed E-state index contributed by atoms with van der Waals surface area (Å²) >= 11 is 0. The molecule has 0 N–H and O–H groups in total. The van der Waals surface area contributed by atoms with Crippen molar-refractivity contribution in [2.75, 3.05) is 0 Å². The van der Waals surface area contributed by atoms with Crippen molar-refractivity contribution in [3.05, 3.63) is 12.2 Å². The molecular formula is C10H16O. The molecule has 1 fully saturated rings. The molecule has 1 atom stereocenters. The smallest absolute Gasteiger partial charge is 0.136 e. The zero-order valence-electron chi connectivity index (χ0n) is 7.18. The van der Waals surface area contributed by atoms with Crippen LogP contribution in [0.5, 0.6) is 0 Å². The summed E-state index contributed by atoms with van der Waals surface area (Å²) in [7, 11) is 0. The zero-order chi connectivity index (χ0) is 8.10. The Kier molecular flexibility index (Phi) is 3.34. The fourth-order valence-corrected chi connectivity index (χ4v) is 1.56. The predicted octanol–water partition coefficient (Wildman–Crippen LogP) is 2.71. The second-order valence-corrected chi connectivity index (χ2v) is 3.17. The highest BCUT2D eigenvalue weighted by molar-refractivity contribution is 5.82. The Hall–Kier alpha value is -0.590. The van der Waals surface area contributed by atoms with E-state index >= 15 is 0 Å². The van der Waals surface area contributed by atoms with Gasteiger partial charge in [-0.1, -0.05) is 19.1 Å². The van der Waals surface area contributed by atoms with Gasteiger partial charge < -0.3 is 0 Å². The number of rotatable bonds is 3. The summed E-state index contributed by atoms with van der Waals surface area (Å²) < 4.78 is 0. The first kappa shape index (κ1) is 8.51. The van der Waals surface area contributed by atoms with Crippen LogP contribution in [-0.2, 0) is 4.79 Å². The Morgan fingerprint density at radius 2 is 2.36 bits per heavy atom. The molecule has 1 heteroatoms. The molecule has 62 valence electrons. The Bertz CT molecular complexity index is 158. The molecule has 0 unspecified atom stereocenters. The highest BCUT2D eigenvalue weighted by atomic mass is 16.1. The molecule has 0 saturated heterocycles. The van der Waals surface area contributed by atoms with Gasteiger partial charge in [0.15, 0.2) is 0 Å². The standard InChI is InChI=1S/C10H16O/c1-2-3-4-6-9-7-5-8-10(9)11/h3-4,9H,2,5-8H2,1H3/b4-3-/t9-/m0/s1. The van der Waals surface area contributed by atoms with Crippen LogP contribution in [0.1, 0.15) is 39.0 Å². The minimum absolute atomic E-state index is 0.359. The van der Waals surface area contributed by atoms with E-state index in [1.165, 1.54) is 0 Å². The van der Waals surface area contributed by atoms with Crippen LogP contribution in [0, 0.1) is 5.92 Å². The lowest BCUT2D eigenvalue weighted by Crippen LogP contribution is -2.03. The highest BCUT2D eigenvalue weighted by Gasteiger charge is 2.22. The topological polar surface area (TPSA) is 17.1 Å². The molecule has 0 spiro atoms. The third-order valence-electron chi connectivity index (χ3n) is 2.25. The number of carbonyl (C=O) groups is 1. The molecule has 0 heterocycles. The minimum Gasteiger partial charge on any atom is -0.299 e. The van der Waals surface area contributed by atoms with E-state index in [4.69, 9.17) is 0 Å². The van der Waals surface area contributed by atoms with Crippen LogP contribution >= 0.6 is 0 Å². The summed E-state index contributed by atoms with van der Waals surface area (Å²) in [6, 6.07) is 0. The van der Waals surface area contributed by atoms with E-state index in [1.54, 1.807) is 0 Å². The van der Waals surface area contributed by atoms with E-state index in [-0.39, 0.29) is 0 Å². The molecule has 1 saturated carbocycles. The van der Waals surface area contributed by atoms with Gasteiger partial charge in [-0.05, 0) is 25.7 Å². The van der Waals surface area contributed by atoms with Gasteiger partial charge in [-0.25, -0.2) is 0 Å². The Morgan fingerprint density at radius 3 is 2.91 bits per heavy atom. The number of Topliss-reactive ketones (excluding diaryl/α,β-unsaturated/α-hetero) is 1. The van der Waals surface area contributed by atoms with Crippen LogP contribution in [0.3, 0.4) is 0 Å². The molecule has 0 aromatic rings. The van der Waals surface area contributed by atoms with Gasteiger partial charge in [0.05, 0.1) is 0 Å². The molecule has 0 aromatic carbocycles. The fourth-order valence-electron chi connectivity index (χ4n) is 1.56. The molecule has 1 aliphatic carbocycles. The van der Waals surface area contributed by atoms with E-state index in [0.717, 1.165) is 32.1 Å². The number of allylic oxidation sites excluding steroid dienone is 2. The third-order valence-corrected chi connectivity index (χ3v) is 2.25. The van der Waals surface area contributed by atoms with Crippen molar-refractivity contribution in [2.45, 2.75) is 39.0 Å². The molecule has 0 aromatic heterocycles. The summed E-state index contributed by atoms with van der Waals surface area (Å²) in [4.78, 5) is 11.1. The van der Waals surface area contributed by atoms with Gasteiger partial charge in [-0.3, -0.25) is 4.79 Å². The monoisotopic (exact) mass is 152 g/mol. The number of hydrogen-bond donors (Lipinski definition) is 0. The maximum absolute atomic E-state index is 11.1. The average molecular weight is 152 g/mol. The van der Waals surface area contributed by atoms with Crippen molar-refractivity contribution in [2.24, 2.45) is 5.92 Å². The first-order chi connectivity index (χ1) is 5.34. The first-order valence-electron chi connectivity index (χ1n) is 4.52. The van der Waals surface area contributed by atoms with Crippen molar-refractivity contribution < 1.29 is 4.79 Å². The van der Waals surface area contributed by atoms with Crippen molar-refractivity contribution in [3.63, 3.8) is 0 Å². The van der Waals surface area contributed by atoms with Gasteiger partial charge in [0.2, 0.25) is 0 Å². The van der Waals surface area contributed by atoms with Gasteiger partial charge in [0.1, 0.15) is 5.78 Å². The van der Waals surface area contributed by atoms with Crippen molar-refractivity contribution >= 4 is 5.78 Å². The molecular weight excluding hydrogens is 136 g/mol. The number of carbonyl (C=O) groups excluding carboxylic acids is 1. The van der Waals surface area contributed by atoms with Crippen LogP contribution in [0.4, 0.5) is 0 Å². The van der Waals surface area contributed by atoms with E-state index in [9.17, 15) is 4.79 Å². The summed E-state index contributed by atoms with van der Waals surface area (Å²) in [6.07, 6.45) is 9.41. The summed E-state index contributed by atoms with van der Waals surface area (Å²) in [5.41, 5.74) is 0. The summed E-state index contributed by atoms with van der Waals surface area (Å²) in [6.45, 7) is 2.12. The predicted molar refractivity (Wildman–Crippen MR) is 46.4 cm³/mol. The summed E-state index contributed by atoms with van der Waals surface area (Å²) in [5.74, 6) is 0.837. The van der Waals surface area contributed by atoms with Gasteiger partial charge in [0, 0.05) is 12.3 Å². The second-order valence-electron chi connectivity index (χ2n) is 3.17. The van der Waals surface area contributed by atoms with E-state index in [1.807, 2.05) is 0 Å². The maximum Gasteiger partial charge on any atom is 0.136 e. The quantitative estimate of drug-likeness (QED) is 0.568. The molecule has 0 radical (unpaired) electrons. The molecule has 11 heavy (non-hydrogen) atoms. The lowest BCUT2D eigenvalue weighted by molar-refractivity contribution is -0.120. The van der Waals surface area contributed by atoms with Gasteiger partial charge in [-0.2, -0.15) is 0 Å². The molecule has 1 aliphatic rings.